The van der Waals surface area contributed by atoms with Crippen molar-refractivity contribution in [1.29, 1.82) is 5.26 Å². The minimum atomic E-state index is -0.574. The first-order chi connectivity index (χ1) is 13.3. The van der Waals surface area contributed by atoms with E-state index in [0.29, 0.717) is 21.8 Å². The standard InChI is InChI=1S/C20H16Cl2N2O4/c1-12-15(21)4-3-5-17(12)24-20(26)14(10-23)8-13-6-7-18(16(22)9-13)28-11-19(25)27-2/h3-9H,11H2,1-2H3,(H,24,26)/b14-8+. The number of methoxy groups -OCH3 is 1. The smallest absolute Gasteiger partial charge is 0.343 e. The zero-order chi connectivity index (χ0) is 20.7. The molecule has 0 saturated carbocycles. The number of carbonyl (C=O) groups excluding carboxylic acids is 2. The third-order valence-electron chi connectivity index (χ3n) is 3.72. The van der Waals surface area contributed by atoms with Crippen molar-refractivity contribution in [2.75, 3.05) is 19.0 Å². The van der Waals surface area contributed by atoms with E-state index in [1.165, 1.54) is 25.3 Å². The Labute approximate surface area is 172 Å². The molecule has 0 atom stereocenters. The second-order valence-corrected chi connectivity index (χ2v) is 6.41. The van der Waals surface area contributed by atoms with Gasteiger partial charge in [-0.2, -0.15) is 5.26 Å². The second kappa shape index (κ2) is 9.79. The lowest BCUT2D eigenvalue weighted by molar-refractivity contribution is -0.142. The molecule has 28 heavy (non-hydrogen) atoms. The van der Waals surface area contributed by atoms with E-state index in [4.69, 9.17) is 27.9 Å². The van der Waals surface area contributed by atoms with Crippen LogP contribution >= 0.6 is 23.2 Å². The Bertz CT molecular complexity index is 981. The molecule has 0 aliphatic rings. The van der Waals surface area contributed by atoms with Crippen molar-refractivity contribution < 1.29 is 19.1 Å². The van der Waals surface area contributed by atoms with E-state index in [1.807, 2.05) is 6.07 Å². The van der Waals surface area contributed by atoms with Gasteiger partial charge in [0.15, 0.2) is 6.61 Å². The number of halogens is 2. The van der Waals surface area contributed by atoms with Crippen LogP contribution in [0.25, 0.3) is 6.08 Å². The number of benzene rings is 2. The molecule has 0 unspecified atom stereocenters. The molecule has 1 amide bonds. The molecule has 0 aromatic heterocycles. The molecule has 8 heteroatoms. The van der Waals surface area contributed by atoms with Crippen LogP contribution in [0.4, 0.5) is 5.69 Å². The third-order valence-corrected chi connectivity index (χ3v) is 4.43. The average Bonchev–Trinajstić information content (AvgIpc) is 2.68. The van der Waals surface area contributed by atoms with Gasteiger partial charge in [0.05, 0.1) is 12.1 Å². The van der Waals surface area contributed by atoms with E-state index in [9.17, 15) is 14.9 Å². The summed E-state index contributed by atoms with van der Waals surface area (Å²) in [6, 6.07) is 11.6. The largest absolute Gasteiger partial charge is 0.480 e. The zero-order valence-electron chi connectivity index (χ0n) is 15.1. The molecule has 0 radical (unpaired) electrons. The van der Waals surface area contributed by atoms with Crippen LogP contribution in [0.5, 0.6) is 5.75 Å². The number of nitrogens with zero attached hydrogens (tertiary/aromatic N) is 1. The highest BCUT2D eigenvalue weighted by molar-refractivity contribution is 6.32. The number of anilines is 1. The van der Waals surface area contributed by atoms with Gasteiger partial charge in [-0.15, -0.1) is 0 Å². The average molecular weight is 419 g/mol. The van der Waals surface area contributed by atoms with Crippen LogP contribution in [0.15, 0.2) is 42.0 Å². The van der Waals surface area contributed by atoms with E-state index in [1.54, 1.807) is 31.2 Å². The molecule has 0 aliphatic heterocycles. The molecule has 1 N–H and O–H groups in total. The number of ether oxygens (including phenoxy) is 2. The van der Waals surface area contributed by atoms with E-state index >= 15 is 0 Å². The molecular weight excluding hydrogens is 403 g/mol. The van der Waals surface area contributed by atoms with Crippen molar-refractivity contribution in [3.63, 3.8) is 0 Å². The highest BCUT2D eigenvalue weighted by Gasteiger charge is 2.13. The van der Waals surface area contributed by atoms with Crippen LogP contribution in [0, 0.1) is 18.3 Å². The fraction of sp³-hybridized carbons (Fsp3) is 0.150. The summed E-state index contributed by atoms with van der Waals surface area (Å²) in [4.78, 5) is 23.5. The van der Waals surface area contributed by atoms with E-state index in [0.717, 1.165) is 0 Å². The first kappa shape index (κ1) is 21.3. The van der Waals surface area contributed by atoms with Gasteiger partial charge in [0.2, 0.25) is 0 Å². The molecule has 2 aromatic rings. The van der Waals surface area contributed by atoms with Gasteiger partial charge in [-0.25, -0.2) is 4.79 Å². The van der Waals surface area contributed by atoms with Crippen molar-refractivity contribution in [3.05, 3.63) is 63.1 Å². The fourth-order valence-electron chi connectivity index (χ4n) is 2.17. The van der Waals surface area contributed by atoms with E-state index in [-0.39, 0.29) is 23.0 Å². The quantitative estimate of drug-likeness (QED) is 0.426. The second-order valence-electron chi connectivity index (χ2n) is 5.59. The maximum Gasteiger partial charge on any atom is 0.343 e. The van der Waals surface area contributed by atoms with E-state index < -0.39 is 11.9 Å². The minimum Gasteiger partial charge on any atom is -0.480 e. The van der Waals surface area contributed by atoms with Gasteiger partial charge in [0.25, 0.3) is 5.91 Å². The maximum atomic E-state index is 12.4. The first-order valence-electron chi connectivity index (χ1n) is 8.03. The van der Waals surface area contributed by atoms with Crippen LogP contribution in [-0.4, -0.2) is 25.6 Å². The molecule has 0 bridgehead atoms. The Balaban J connectivity index is 2.18. The van der Waals surface area contributed by atoms with Gasteiger partial charge in [-0.3, -0.25) is 4.79 Å². The molecule has 0 saturated heterocycles. The Morgan fingerprint density at radius 3 is 2.61 bits per heavy atom. The summed E-state index contributed by atoms with van der Waals surface area (Å²) < 4.78 is 9.73. The van der Waals surface area contributed by atoms with Gasteiger partial charge in [0.1, 0.15) is 17.4 Å². The SMILES string of the molecule is COC(=O)COc1ccc(/C=C(\C#N)C(=O)Nc2cccc(Cl)c2C)cc1Cl. The van der Waals surface area contributed by atoms with Crippen molar-refractivity contribution in [3.8, 4) is 11.8 Å². The Hall–Kier alpha value is -3.01. The Morgan fingerprint density at radius 1 is 1.21 bits per heavy atom. The van der Waals surface area contributed by atoms with Crippen molar-refractivity contribution >= 4 is 46.8 Å². The lowest BCUT2D eigenvalue weighted by Gasteiger charge is -2.09. The van der Waals surface area contributed by atoms with Crippen LogP contribution in [0.3, 0.4) is 0 Å². The molecule has 0 fully saturated rings. The number of rotatable bonds is 6. The summed E-state index contributed by atoms with van der Waals surface area (Å²) >= 11 is 12.2. The van der Waals surface area contributed by atoms with Crippen LogP contribution < -0.4 is 10.1 Å². The fourth-order valence-corrected chi connectivity index (χ4v) is 2.59. The zero-order valence-corrected chi connectivity index (χ0v) is 16.6. The number of hydrogen-bond acceptors (Lipinski definition) is 5. The topological polar surface area (TPSA) is 88.4 Å². The summed E-state index contributed by atoms with van der Waals surface area (Å²) in [5, 5.41) is 12.7. The predicted octanol–water partition coefficient (Wildman–Crippen LogP) is 4.40. The first-order valence-corrected chi connectivity index (χ1v) is 8.78. The van der Waals surface area contributed by atoms with Crippen LogP contribution in [0.1, 0.15) is 11.1 Å². The van der Waals surface area contributed by atoms with Crippen molar-refractivity contribution in [2.24, 2.45) is 0 Å². The predicted molar refractivity (Wildman–Crippen MR) is 107 cm³/mol. The molecule has 0 heterocycles. The highest BCUT2D eigenvalue weighted by Crippen LogP contribution is 2.27. The van der Waals surface area contributed by atoms with Gasteiger partial charge in [-0.05, 0) is 48.4 Å². The van der Waals surface area contributed by atoms with E-state index in [2.05, 4.69) is 10.1 Å². The van der Waals surface area contributed by atoms with Crippen molar-refractivity contribution in [2.45, 2.75) is 6.92 Å². The molecule has 6 nitrogen and oxygen atoms in total. The Morgan fingerprint density at radius 2 is 1.96 bits per heavy atom. The molecule has 2 rings (SSSR count). The molecule has 2 aromatic carbocycles. The van der Waals surface area contributed by atoms with Gasteiger partial charge < -0.3 is 14.8 Å². The molecule has 0 spiro atoms. The summed E-state index contributed by atoms with van der Waals surface area (Å²) in [7, 11) is 1.25. The summed E-state index contributed by atoms with van der Waals surface area (Å²) in [6.07, 6.45) is 1.39. The number of amides is 1. The summed E-state index contributed by atoms with van der Waals surface area (Å²) in [5.41, 5.74) is 1.62. The number of carbonyl (C=O) groups is 2. The van der Waals surface area contributed by atoms with Crippen LogP contribution in [0.2, 0.25) is 10.0 Å². The molecule has 144 valence electrons. The summed E-state index contributed by atoms with van der Waals surface area (Å²) in [5.74, 6) is -0.837. The number of nitriles is 1. The Kier molecular flexibility index (Phi) is 7.44. The number of nitrogens with one attached hydrogen (secondary N) is 1. The monoisotopic (exact) mass is 418 g/mol. The summed E-state index contributed by atoms with van der Waals surface area (Å²) in [6.45, 7) is 1.48. The molecular formula is C20H16Cl2N2O4. The minimum absolute atomic E-state index is 0.112. The van der Waals surface area contributed by atoms with Gasteiger partial charge in [0, 0.05) is 10.7 Å². The lowest BCUT2D eigenvalue weighted by atomic mass is 10.1. The van der Waals surface area contributed by atoms with Crippen LogP contribution in [-0.2, 0) is 14.3 Å². The normalized spacial score (nSPS) is 10.8. The van der Waals surface area contributed by atoms with Gasteiger partial charge >= 0.3 is 5.97 Å². The number of hydrogen-bond donors (Lipinski definition) is 1. The number of esters is 1. The maximum absolute atomic E-state index is 12.4. The lowest BCUT2D eigenvalue weighted by Crippen LogP contribution is -2.14. The van der Waals surface area contributed by atoms with Gasteiger partial charge in [-0.1, -0.05) is 35.3 Å². The van der Waals surface area contributed by atoms with Crippen molar-refractivity contribution in [1.82, 2.24) is 0 Å². The highest BCUT2D eigenvalue weighted by atomic mass is 35.5. The third kappa shape index (κ3) is 5.49. The molecule has 0 aliphatic carbocycles.